The second-order valence-corrected chi connectivity index (χ2v) is 5.03. The van der Waals surface area contributed by atoms with Crippen LogP contribution >= 0.6 is 34.8 Å². The number of carbonyl (C=O) groups excluding carboxylic acids is 1. The number of amides is 1. The Morgan fingerprint density at radius 1 is 1.05 bits per heavy atom. The third-order valence-corrected chi connectivity index (χ3v) is 3.47. The van der Waals surface area contributed by atoms with E-state index in [9.17, 15) is 9.90 Å². The summed E-state index contributed by atoms with van der Waals surface area (Å²) in [5, 5.41) is 10.0. The number of phenolic OH excluding ortho intramolecular Hbond substituents is 1. The van der Waals surface area contributed by atoms with Gasteiger partial charge in [0.05, 0.1) is 15.7 Å². The number of anilines is 2. The predicted octanol–water partition coefficient (Wildman–Crippen LogP) is 4.60. The molecule has 20 heavy (non-hydrogen) atoms. The number of aromatic hydroxyl groups is 1. The lowest BCUT2D eigenvalue weighted by Crippen LogP contribution is -2.27. The molecule has 0 saturated carbocycles. The van der Waals surface area contributed by atoms with Crippen LogP contribution in [0.25, 0.3) is 0 Å². The molecule has 0 atom stereocenters. The maximum Gasteiger partial charge on any atom is 0.246 e. The van der Waals surface area contributed by atoms with E-state index in [2.05, 4.69) is 0 Å². The standard InChI is InChI=1S/C14H10Cl3NO2/c15-8-13(20)18(9-4-6-10(19)7-5-9)14-11(16)2-1-3-12(14)17/h1-7,19H,8H2. The van der Waals surface area contributed by atoms with Crippen molar-refractivity contribution in [1.82, 2.24) is 0 Å². The van der Waals surface area contributed by atoms with Crippen LogP contribution in [0, 0.1) is 0 Å². The van der Waals surface area contributed by atoms with Crippen molar-refractivity contribution in [3.05, 3.63) is 52.5 Å². The fourth-order valence-corrected chi connectivity index (χ4v) is 2.45. The van der Waals surface area contributed by atoms with E-state index in [1.165, 1.54) is 17.0 Å². The third kappa shape index (κ3) is 3.01. The molecule has 2 aromatic rings. The highest BCUT2D eigenvalue weighted by atomic mass is 35.5. The van der Waals surface area contributed by atoms with Gasteiger partial charge in [0, 0.05) is 5.69 Å². The Morgan fingerprint density at radius 2 is 1.60 bits per heavy atom. The van der Waals surface area contributed by atoms with Crippen molar-refractivity contribution >= 4 is 52.1 Å². The number of nitrogens with zero attached hydrogens (tertiary/aromatic N) is 1. The zero-order valence-electron chi connectivity index (χ0n) is 10.2. The second-order valence-electron chi connectivity index (χ2n) is 3.95. The topological polar surface area (TPSA) is 40.5 Å². The summed E-state index contributed by atoms with van der Waals surface area (Å²) >= 11 is 17.9. The SMILES string of the molecule is O=C(CCl)N(c1ccc(O)cc1)c1c(Cl)cccc1Cl. The molecule has 1 N–H and O–H groups in total. The maximum absolute atomic E-state index is 12.1. The fourth-order valence-electron chi connectivity index (χ4n) is 1.76. The molecule has 0 saturated heterocycles. The number of benzene rings is 2. The lowest BCUT2D eigenvalue weighted by Gasteiger charge is -2.24. The Bertz CT molecular complexity index is 609. The zero-order valence-corrected chi connectivity index (χ0v) is 12.5. The van der Waals surface area contributed by atoms with Crippen molar-refractivity contribution in [2.45, 2.75) is 0 Å². The molecule has 0 aromatic heterocycles. The van der Waals surface area contributed by atoms with Crippen molar-refractivity contribution in [3.8, 4) is 5.75 Å². The Balaban J connectivity index is 2.59. The smallest absolute Gasteiger partial charge is 0.246 e. The first-order valence-corrected chi connectivity index (χ1v) is 6.95. The van der Waals surface area contributed by atoms with Gasteiger partial charge in [-0.15, -0.1) is 11.6 Å². The van der Waals surface area contributed by atoms with E-state index in [0.717, 1.165) is 0 Å². The van der Waals surface area contributed by atoms with Crippen LogP contribution in [0.2, 0.25) is 10.0 Å². The summed E-state index contributed by atoms with van der Waals surface area (Å²) in [6.07, 6.45) is 0. The molecule has 0 spiro atoms. The van der Waals surface area contributed by atoms with Gasteiger partial charge in [0.1, 0.15) is 11.6 Å². The average molecular weight is 331 g/mol. The first kappa shape index (κ1) is 15.0. The number of para-hydroxylation sites is 1. The lowest BCUT2D eigenvalue weighted by molar-refractivity contribution is -0.115. The van der Waals surface area contributed by atoms with E-state index >= 15 is 0 Å². The van der Waals surface area contributed by atoms with E-state index in [1.807, 2.05) is 0 Å². The van der Waals surface area contributed by atoms with Gasteiger partial charge in [0.15, 0.2) is 0 Å². The maximum atomic E-state index is 12.1. The lowest BCUT2D eigenvalue weighted by atomic mass is 10.2. The molecule has 0 radical (unpaired) electrons. The molecule has 6 heteroatoms. The van der Waals surface area contributed by atoms with E-state index in [1.54, 1.807) is 30.3 Å². The van der Waals surface area contributed by atoms with Crippen LogP contribution < -0.4 is 4.90 Å². The summed E-state index contributed by atoms with van der Waals surface area (Å²) in [5.41, 5.74) is 0.885. The minimum atomic E-state index is -0.368. The largest absolute Gasteiger partial charge is 0.508 e. The minimum Gasteiger partial charge on any atom is -0.508 e. The first-order chi connectivity index (χ1) is 9.54. The summed E-state index contributed by atoms with van der Waals surface area (Å²) in [5.74, 6) is -0.493. The third-order valence-electron chi connectivity index (χ3n) is 2.63. The highest BCUT2D eigenvalue weighted by Gasteiger charge is 2.22. The van der Waals surface area contributed by atoms with Crippen molar-refractivity contribution in [3.63, 3.8) is 0 Å². The average Bonchev–Trinajstić information content (AvgIpc) is 2.44. The summed E-state index contributed by atoms with van der Waals surface area (Å²) in [7, 11) is 0. The van der Waals surface area contributed by atoms with Crippen LogP contribution in [0.3, 0.4) is 0 Å². The molecule has 0 unspecified atom stereocenters. The second kappa shape index (κ2) is 6.35. The van der Waals surface area contributed by atoms with Crippen LogP contribution in [-0.4, -0.2) is 16.9 Å². The van der Waals surface area contributed by atoms with E-state index in [-0.39, 0.29) is 17.5 Å². The van der Waals surface area contributed by atoms with Crippen molar-refractivity contribution in [1.29, 1.82) is 0 Å². The molecule has 0 fully saturated rings. The Hall–Kier alpha value is -1.42. The molecule has 3 nitrogen and oxygen atoms in total. The molecule has 2 aromatic carbocycles. The summed E-state index contributed by atoms with van der Waals surface area (Å²) in [4.78, 5) is 13.4. The van der Waals surface area contributed by atoms with Gasteiger partial charge in [-0.2, -0.15) is 0 Å². The molecule has 104 valence electrons. The number of rotatable bonds is 3. The Morgan fingerprint density at radius 3 is 2.10 bits per heavy atom. The van der Waals surface area contributed by atoms with Gasteiger partial charge < -0.3 is 5.11 Å². The molecule has 1 amide bonds. The Labute approximate surface area is 131 Å². The number of phenols is 1. The number of hydrogen-bond acceptors (Lipinski definition) is 2. The quantitative estimate of drug-likeness (QED) is 0.835. The number of hydrogen-bond donors (Lipinski definition) is 1. The molecule has 2 rings (SSSR count). The van der Waals surface area contributed by atoms with Gasteiger partial charge in [-0.3, -0.25) is 9.69 Å². The highest BCUT2D eigenvalue weighted by Crippen LogP contribution is 2.38. The predicted molar refractivity (Wildman–Crippen MR) is 82.4 cm³/mol. The first-order valence-electron chi connectivity index (χ1n) is 5.66. The van der Waals surface area contributed by atoms with Crippen LogP contribution in [0.5, 0.6) is 5.75 Å². The van der Waals surface area contributed by atoms with Gasteiger partial charge in [0.2, 0.25) is 5.91 Å². The summed E-state index contributed by atoms with van der Waals surface area (Å²) in [6, 6.07) is 11.1. The molecular weight excluding hydrogens is 321 g/mol. The van der Waals surface area contributed by atoms with Gasteiger partial charge in [-0.1, -0.05) is 29.3 Å². The van der Waals surface area contributed by atoms with Gasteiger partial charge >= 0.3 is 0 Å². The summed E-state index contributed by atoms with van der Waals surface area (Å²) < 4.78 is 0. The van der Waals surface area contributed by atoms with Gasteiger partial charge in [-0.05, 0) is 36.4 Å². The molecule has 0 bridgehead atoms. The van der Waals surface area contributed by atoms with Gasteiger partial charge in [0.25, 0.3) is 0 Å². The van der Waals surface area contributed by atoms with Crippen LogP contribution in [-0.2, 0) is 4.79 Å². The van der Waals surface area contributed by atoms with E-state index in [0.29, 0.717) is 21.4 Å². The fraction of sp³-hybridized carbons (Fsp3) is 0.0714. The molecular formula is C14H10Cl3NO2. The number of halogens is 3. The monoisotopic (exact) mass is 329 g/mol. The van der Waals surface area contributed by atoms with Crippen molar-refractivity contribution in [2.24, 2.45) is 0 Å². The van der Waals surface area contributed by atoms with Crippen molar-refractivity contribution < 1.29 is 9.90 Å². The highest BCUT2D eigenvalue weighted by molar-refractivity contribution is 6.41. The molecule has 0 aliphatic heterocycles. The number of carbonyl (C=O) groups is 1. The van der Waals surface area contributed by atoms with Gasteiger partial charge in [-0.25, -0.2) is 0 Å². The molecule has 0 aliphatic carbocycles. The Kier molecular flexibility index (Phi) is 4.76. The molecule has 0 heterocycles. The van der Waals surface area contributed by atoms with Crippen LogP contribution in [0.1, 0.15) is 0 Å². The van der Waals surface area contributed by atoms with Crippen molar-refractivity contribution in [2.75, 3.05) is 10.8 Å². The van der Waals surface area contributed by atoms with E-state index < -0.39 is 0 Å². The van der Waals surface area contributed by atoms with E-state index in [4.69, 9.17) is 34.8 Å². The number of alkyl halides is 1. The van der Waals surface area contributed by atoms with Crippen LogP contribution in [0.4, 0.5) is 11.4 Å². The normalized spacial score (nSPS) is 10.3. The molecule has 0 aliphatic rings. The summed E-state index contributed by atoms with van der Waals surface area (Å²) in [6.45, 7) is 0. The zero-order chi connectivity index (χ0) is 14.7. The van der Waals surface area contributed by atoms with Crippen LogP contribution in [0.15, 0.2) is 42.5 Å². The minimum absolute atomic E-state index is 0.0947.